The second kappa shape index (κ2) is 7.35. The number of aromatic nitrogens is 4. The monoisotopic (exact) mass is 349 g/mol. The van der Waals surface area contributed by atoms with Crippen LogP contribution in [-0.4, -0.2) is 32.7 Å². The van der Waals surface area contributed by atoms with Crippen LogP contribution >= 0.6 is 0 Å². The quantitative estimate of drug-likeness (QED) is 0.692. The SMILES string of the molecule is O=C1CCc2cc(OCCCc3nnnn3-c3ccccc3)ccc2N1. The highest BCUT2D eigenvalue weighted by atomic mass is 16.5. The summed E-state index contributed by atoms with van der Waals surface area (Å²) in [7, 11) is 0. The van der Waals surface area contributed by atoms with Crippen molar-refractivity contribution in [2.45, 2.75) is 25.7 Å². The summed E-state index contributed by atoms with van der Waals surface area (Å²) in [5, 5.41) is 14.8. The van der Waals surface area contributed by atoms with E-state index in [2.05, 4.69) is 20.8 Å². The van der Waals surface area contributed by atoms with Crippen LogP contribution in [0.3, 0.4) is 0 Å². The Hall–Kier alpha value is -3.22. The van der Waals surface area contributed by atoms with E-state index in [4.69, 9.17) is 4.74 Å². The number of para-hydroxylation sites is 1. The minimum absolute atomic E-state index is 0.0716. The fraction of sp³-hybridized carbons (Fsp3) is 0.263. The number of carbonyl (C=O) groups is 1. The number of hydrogen-bond acceptors (Lipinski definition) is 5. The number of hydrogen-bond donors (Lipinski definition) is 1. The topological polar surface area (TPSA) is 81.9 Å². The summed E-state index contributed by atoms with van der Waals surface area (Å²) in [6.45, 7) is 0.576. The van der Waals surface area contributed by atoms with Crippen LogP contribution in [0.15, 0.2) is 48.5 Å². The van der Waals surface area contributed by atoms with Gasteiger partial charge in [0.15, 0.2) is 5.82 Å². The van der Waals surface area contributed by atoms with E-state index in [-0.39, 0.29) is 5.91 Å². The smallest absolute Gasteiger partial charge is 0.224 e. The molecule has 0 unspecified atom stereocenters. The molecule has 1 aliphatic rings. The molecule has 4 rings (SSSR count). The van der Waals surface area contributed by atoms with Crippen LogP contribution in [0, 0.1) is 0 Å². The van der Waals surface area contributed by atoms with Crippen molar-refractivity contribution < 1.29 is 9.53 Å². The number of nitrogens with one attached hydrogen (secondary N) is 1. The number of amides is 1. The first-order valence-corrected chi connectivity index (χ1v) is 8.68. The van der Waals surface area contributed by atoms with Crippen LogP contribution in [0.25, 0.3) is 5.69 Å². The molecule has 0 saturated heterocycles. The molecule has 0 spiro atoms. The average molecular weight is 349 g/mol. The number of ether oxygens (including phenoxy) is 1. The molecule has 26 heavy (non-hydrogen) atoms. The van der Waals surface area contributed by atoms with Crippen LogP contribution in [-0.2, 0) is 17.6 Å². The first-order chi connectivity index (χ1) is 12.8. The molecule has 7 nitrogen and oxygen atoms in total. The fourth-order valence-electron chi connectivity index (χ4n) is 3.00. The molecule has 1 N–H and O–H groups in total. The van der Waals surface area contributed by atoms with Gasteiger partial charge in [-0.2, -0.15) is 4.68 Å². The van der Waals surface area contributed by atoms with Gasteiger partial charge in [-0.3, -0.25) is 4.79 Å². The van der Waals surface area contributed by atoms with Gasteiger partial charge in [-0.05, 0) is 59.2 Å². The Morgan fingerprint density at radius 2 is 2.00 bits per heavy atom. The summed E-state index contributed by atoms with van der Waals surface area (Å²) in [5.74, 6) is 1.71. The van der Waals surface area contributed by atoms with E-state index in [1.54, 1.807) is 4.68 Å². The van der Waals surface area contributed by atoms with Crippen molar-refractivity contribution >= 4 is 11.6 Å². The number of rotatable bonds is 6. The molecule has 0 aliphatic carbocycles. The zero-order valence-electron chi connectivity index (χ0n) is 14.3. The molecule has 7 heteroatoms. The first-order valence-electron chi connectivity index (χ1n) is 8.68. The Kier molecular flexibility index (Phi) is 4.59. The zero-order chi connectivity index (χ0) is 17.8. The Balaban J connectivity index is 1.33. The second-order valence-electron chi connectivity index (χ2n) is 6.16. The molecule has 3 aromatic rings. The summed E-state index contributed by atoms with van der Waals surface area (Å²) in [6, 6.07) is 15.6. The average Bonchev–Trinajstić information content (AvgIpc) is 3.14. The Morgan fingerprint density at radius 3 is 2.88 bits per heavy atom. The molecule has 0 bridgehead atoms. The highest BCUT2D eigenvalue weighted by Crippen LogP contribution is 2.26. The van der Waals surface area contributed by atoms with Gasteiger partial charge in [0.2, 0.25) is 5.91 Å². The molecular weight excluding hydrogens is 330 g/mol. The van der Waals surface area contributed by atoms with Crippen molar-refractivity contribution in [3.63, 3.8) is 0 Å². The lowest BCUT2D eigenvalue weighted by atomic mass is 10.0. The Morgan fingerprint density at radius 1 is 1.12 bits per heavy atom. The van der Waals surface area contributed by atoms with Gasteiger partial charge < -0.3 is 10.1 Å². The van der Waals surface area contributed by atoms with Crippen molar-refractivity contribution in [3.05, 3.63) is 59.9 Å². The van der Waals surface area contributed by atoms with Gasteiger partial charge >= 0.3 is 0 Å². The standard InChI is InChI=1S/C19H19N5O2/c25-19-11-8-14-13-16(9-10-17(14)20-19)26-12-4-7-18-21-22-23-24(18)15-5-2-1-3-6-15/h1-3,5-6,9-10,13H,4,7-8,11-12H2,(H,20,25). The summed E-state index contributed by atoms with van der Waals surface area (Å²) in [5.41, 5.74) is 2.95. The molecule has 132 valence electrons. The van der Waals surface area contributed by atoms with E-state index in [1.807, 2.05) is 48.5 Å². The molecule has 2 heterocycles. The minimum Gasteiger partial charge on any atom is -0.494 e. The number of carbonyl (C=O) groups excluding carboxylic acids is 1. The third-order valence-electron chi connectivity index (χ3n) is 4.32. The van der Waals surface area contributed by atoms with Gasteiger partial charge in [-0.15, -0.1) is 5.10 Å². The maximum absolute atomic E-state index is 11.4. The van der Waals surface area contributed by atoms with Crippen LogP contribution < -0.4 is 10.1 Å². The largest absolute Gasteiger partial charge is 0.494 e. The lowest BCUT2D eigenvalue weighted by molar-refractivity contribution is -0.116. The molecule has 1 aliphatic heterocycles. The molecule has 1 amide bonds. The van der Waals surface area contributed by atoms with E-state index in [9.17, 15) is 4.79 Å². The van der Waals surface area contributed by atoms with E-state index in [1.165, 1.54) is 0 Å². The van der Waals surface area contributed by atoms with E-state index in [0.29, 0.717) is 13.0 Å². The van der Waals surface area contributed by atoms with Crippen molar-refractivity contribution in [1.82, 2.24) is 20.2 Å². The maximum atomic E-state index is 11.4. The highest BCUT2D eigenvalue weighted by Gasteiger charge is 2.15. The molecule has 1 aromatic heterocycles. The van der Waals surface area contributed by atoms with Gasteiger partial charge in [-0.1, -0.05) is 18.2 Å². The van der Waals surface area contributed by atoms with Crippen molar-refractivity contribution in [2.24, 2.45) is 0 Å². The number of nitrogens with zero attached hydrogens (tertiary/aromatic N) is 4. The van der Waals surface area contributed by atoms with Crippen LogP contribution in [0.4, 0.5) is 5.69 Å². The molecule has 0 atom stereocenters. The lowest BCUT2D eigenvalue weighted by Crippen LogP contribution is -2.18. The Labute approximate surface area is 151 Å². The summed E-state index contributed by atoms with van der Waals surface area (Å²) < 4.78 is 7.60. The fourth-order valence-corrected chi connectivity index (χ4v) is 3.00. The second-order valence-corrected chi connectivity index (χ2v) is 6.16. The van der Waals surface area contributed by atoms with E-state index < -0.39 is 0 Å². The zero-order valence-corrected chi connectivity index (χ0v) is 14.3. The highest BCUT2D eigenvalue weighted by molar-refractivity contribution is 5.93. The number of aryl methyl sites for hydroxylation is 2. The number of benzene rings is 2. The van der Waals surface area contributed by atoms with E-state index >= 15 is 0 Å². The maximum Gasteiger partial charge on any atom is 0.224 e. The van der Waals surface area contributed by atoms with Crippen molar-refractivity contribution in [1.29, 1.82) is 0 Å². The van der Waals surface area contributed by atoms with Gasteiger partial charge in [0.1, 0.15) is 5.75 Å². The Bertz CT molecular complexity index is 907. The van der Waals surface area contributed by atoms with Gasteiger partial charge in [0, 0.05) is 18.5 Å². The van der Waals surface area contributed by atoms with Crippen molar-refractivity contribution in [2.75, 3.05) is 11.9 Å². The van der Waals surface area contributed by atoms with Crippen LogP contribution in [0.1, 0.15) is 24.2 Å². The van der Waals surface area contributed by atoms with Crippen molar-refractivity contribution in [3.8, 4) is 11.4 Å². The van der Waals surface area contributed by atoms with E-state index in [0.717, 1.165) is 47.8 Å². The van der Waals surface area contributed by atoms with Crippen LogP contribution in [0.2, 0.25) is 0 Å². The summed E-state index contributed by atoms with van der Waals surface area (Å²) in [6.07, 6.45) is 2.81. The predicted molar refractivity (Wildman–Crippen MR) is 96.4 cm³/mol. The number of anilines is 1. The molecule has 0 fully saturated rings. The third-order valence-corrected chi connectivity index (χ3v) is 4.32. The van der Waals surface area contributed by atoms with Crippen LogP contribution in [0.5, 0.6) is 5.75 Å². The first kappa shape index (κ1) is 16.3. The van der Waals surface area contributed by atoms with Gasteiger partial charge in [0.25, 0.3) is 0 Å². The summed E-state index contributed by atoms with van der Waals surface area (Å²) in [4.78, 5) is 11.4. The normalized spacial score (nSPS) is 13.2. The van der Waals surface area contributed by atoms with Gasteiger partial charge in [-0.25, -0.2) is 0 Å². The molecular formula is C19H19N5O2. The summed E-state index contributed by atoms with van der Waals surface area (Å²) >= 11 is 0. The minimum atomic E-state index is 0.0716. The van der Waals surface area contributed by atoms with Gasteiger partial charge in [0.05, 0.1) is 12.3 Å². The number of tetrazole rings is 1. The lowest BCUT2D eigenvalue weighted by Gasteiger charge is -2.17. The molecule has 2 aromatic carbocycles. The third kappa shape index (κ3) is 3.56. The molecule has 0 saturated carbocycles. The predicted octanol–water partition coefficient (Wildman–Crippen LogP) is 2.56. The molecule has 0 radical (unpaired) electrons. The number of fused-ring (bicyclic) bond motifs is 1.